The van der Waals surface area contributed by atoms with Gasteiger partial charge in [0.2, 0.25) is 0 Å². The first kappa shape index (κ1) is 16.0. The maximum Gasteiger partial charge on any atom is 0.187 e. The van der Waals surface area contributed by atoms with Crippen LogP contribution >= 0.6 is 0 Å². The molecule has 1 nitrogen and oxygen atoms in total. The monoisotopic (exact) mass is 297 g/mol. The molecule has 0 N–H and O–H groups in total. The van der Waals surface area contributed by atoms with E-state index in [-0.39, 0.29) is 39.7 Å². The summed E-state index contributed by atoms with van der Waals surface area (Å²) in [5.74, 6) is 0. The number of rotatable bonds is 3. The van der Waals surface area contributed by atoms with Crippen molar-refractivity contribution in [2.75, 3.05) is 0 Å². The van der Waals surface area contributed by atoms with Crippen LogP contribution in [0.15, 0.2) is 0 Å². The van der Waals surface area contributed by atoms with E-state index in [2.05, 4.69) is 6.92 Å². The molecule has 0 bridgehead atoms. The van der Waals surface area contributed by atoms with Gasteiger partial charge < -0.3 is 4.79 Å². The Morgan fingerprint density at radius 3 is 2.12 bits per heavy atom. The summed E-state index contributed by atoms with van der Waals surface area (Å²) in [6, 6.07) is 0. The predicted octanol–water partition coefficient (Wildman–Crippen LogP) is 0.189. The van der Waals surface area contributed by atoms with Crippen molar-refractivity contribution in [3.63, 3.8) is 0 Å². The molecule has 1 radical (unpaired) electrons. The van der Waals surface area contributed by atoms with Crippen LogP contribution < -0.4 is 0 Å². The number of hydrogen-bond acceptors (Lipinski definition) is 1. The summed E-state index contributed by atoms with van der Waals surface area (Å²) in [5, 5.41) is 0. The van der Waals surface area contributed by atoms with E-state index >= 15 is 0 Å². The minimum Gasteiger partial charge on any atom is -0.303 e. The molecule has 0 saturated carbocycles. The quantitative estimate of drug-likeness (QED) is 0.413. The van der Waals surface area contributed by atoms with Crippen molar-refractivity contribution in [2.24, 2.45) is 0 Å². The van der Waals surface area contributed by atoms with Crippen LogP contribution in [0.3, 0.4) is 0 Å². The van der Waals surface area contributed by atoms with Crippen molar-refractivity contribution < 1.29 is 27.2 Å². The molecule has 0 heterocycles. The molecule has 47 valence electrons. The van der Waals surface area contributed by atoms with Crippen LogP contribution in [0.25, 0.3) is 0 Å². The molecule has 0 atom stereocenters. The summed E-state index contributed by atoms with van der Waals surface area (Å²) < 4.78 is 0. The molecule has 0 aliphatic rings. The van der Waals surface area contributed by atoms with Crippen molar-refractivity contribution in [3.05, 3.63) is 0 Å². The molecule has 0 saturated heterocycles. The van der Waals surface area contributed by atoms with Crippen LogP contribution in [0, 0.1) is 0 Å². The maximum atomic E-state index is 9.56. The van der Waals surface area contributed by atoms with Crippen LogP contribution in [0.4, 0.5) is 0 Å². The molecule has 0 aromatic carbocycles. The van der Waals surface area contributed by atoms with Gasteiger partial charge in [0.1, 0.15) is 6.29 Å². The summed E-state index contributed by atoms with van der Waals surface area (Å²) >= 11 is 0. The zero-order chi connectivity index (χ0) is 4.83. The molecule has 8 heavy (non-hydrogen) atoms. The van der Waals surface area contributed by atoms with Crippen LogP contribution in [0.1, 0.15) is 26.2 Å². The fourth-order valence-electron chi connectivity index (χ4n) is 0.287. The second-order valence-corrected chi connectivity index (χ2v) is 1.31. The van der Waals surface area contributed by atoms with Crippen LogP contribution in [-0.4, -0.2) is 23.6 Å². The fourth-order valence-corrected chi connectivity index (χ4v) is 0.287. The van der Waals surface area contributed by atoms with Gasteiger partial charge in [-0.15, -0.1) is 0 Å². The van der Waals surface area contributed by atoms with Gasteiger partial charge in [0.25, 0.3) is 0 Å². The van der Waals surface area contributed by atoms with E-state index in [9.17, 15) is 4.79 Å². The summed E-state index contributed by atoms with van der Waals surface area (Å²) in [5.41, 5.74) is 0. The van der Waals surface area contributed by atoms with E-state index in [0.717, 1.165) is 25.5 Å². The minimum atomic E-state index is 0. The Hall–Kier alpha value is 0.943. The average Bonchev–Trinajstić information content (AvgIpc) is 1.61. The van der Waals surface area contributed by atoms with Crippen molar-refractivity contribution in [2.45, 2.75) is 26.2 Å². The Morgan fingerprint density at radius 2 is 2.00 bits per heavy atom. The van der Waals surface area contributed by atoms with Gasteiger partial charge in [-0.3, -0.25) is 0 Å². The Labute approximate surface area is 76.9 Å². The molecule has 0 aromatic heterocycles. The normalized spacial score (nSPS) is 6.12. The largest absolute Gasteiger partial charge is 0.303 e. The third-order valence-corrected chi connectivity index (χ3v) is 0.676. The number of aldehydes is 1. The average molecular weight is 297 g/mol. The summed E-state index contributed by atoms with van der Waals surface area (Å²) in [6.45, 7) is 2.07. The molecular formula is C5H13AlOTa. The second kappa shape index (κ2) is 15.7. The minimum absolute atomic E-state index is 0. The van der Waals surface area contributed by atoms with Gasteiger partial charge in [0, 0.05) is 28.8 Å². The van der Waals surface area contributed by atoms with E-state index in [1.807, 2.05) is 0 Å². The Kier molecular flexibility index (Phi) is 31.3. The van der Waals surface area contributed by atoms with Gasteiger partial charge in [-0.1, -0.05) is 13.3 Å². The first-order chi connectivity index (χ1) is 2.91. The van der Waals surface area contributed by atoms with Crippen molar-refractivity contribution >= 4 is 23.6 Å². The maximum absolute atomic E-state index is 9.56. The van der Waals surface area contributed by atoms with Gasteiger partial charge in [-0.2, -0.15) is 0 Å². The molecule has 0 aliphatic heterocycles. The first-order valence-corrected chi connectivity index (χ1v) is 2.35. The van der Waals surface area contributed by atoms with Gasteiger partial charge >= 0.3 is 0 Å². The third-order valence-electron chi connectivity index (χ3n) is 0.676. The standard InChI is InChI=1S/C5H10O.Al.Ta.3H/c1-2-3-4-5-6;;;;;/h5H,2-4H2,1H3;;;;;. The molecule has 0 fully saturated rings. The SMILES string of the molecule is CCCCC=O.[AlH3].[Ta]. The molecule has 0 aromatic rings. The molecular weight excluding hydrogens is 284 g/mol. The number of unbranched alkanes of at least 4 members (excludes halogenated alkanes) is 2. The molecule has 0 unspecified atom stereocenters. The third kappa shape index (κ3) is 15.8. The van der Waals surface area contributed by atoms with Crippen molar-refractivity contribution in [3.8, 4) is 0 Å². The smallest absolute Gasteiger partial charge is 0.187 e. The van der Waals surface area contributed by atoms with E-state index in [0.29, 0.717) is 0 Å². The Balaban J connectivity index is -0.000000125. The molecule has 0 amide bonds. The summed E-state index contributed by atoms with van der Waals surface area (Å²) in [6.07, 6.45) is 3.86. The number of carbonyl (C=O) groups is 1. The summed E-state index contributed by atoms with van der Waals surface area (Å²) in [4.78, 5) is 9.56. The zero-order valence-electron chi connectivity index (χ0n) is 4.55. The van der Waals surface area contributed by atoms with Crippen molar-refractivity contribution in [1.29, 1.82) is 0 Å². The molecule has 0 rings (SSSR count). The zero-order valence-corrected chi connectivity index (χ0v) is 7.77. The molecule has 0 spiro atoms. The Bertz CT molecular complexity index is 41.4. The van der Waals surface area contributed by atoms with Gasteiger partial charge in [-0.25, -0.2) is 0 Å². The summed E-state index contributed by atoms with van der Waals surface area (Å²) in [7, 11) is 0. The first-order valence-electron chi connectivity index (χ1n) is 2.35. The van der Waals surface area contributed by atoms with E-state index in [1.54, 1.807) is 0 Å². The van der Waals surface area contributed by atoms with E-state index < -0.39 is 0 Å². The topological polar surface area (TPSA) is 17.1 Å². The van der Waals surface area contributed by atoms with E-state index in [4.69, 9.17) is 0 Å². The Morgan fingerprint density at radius 1 is 1.50 bits per heavy atom. The van der Waals surface area contributed by atoms with Gasteiger partial charge in [-0.05, 0) is 6.42 Å². The van der Waals surface area contributed by atoms with Crippen LogP contribution in [0.2, 0.25) is 0 Å². The van der Waals surface area contributed by atoms with Gasteiger partial charge in [0.05, 0.1) is 0 Å². The molecule has 0 aliphatic carbocycles. The number of hydrogen-bond donors (Lipinski definition) is 0. The van der Waals surface area contributed by atoms with E-state index in [1.165, 1.54) is 0 Å². The number of carbonyl (C=O) groups excluding carboxylic acids is 1. The fraction of sp³-hybridized carbons (Fsp3) is 0.800. The molecule has 3 heteroatoms. The second-order valence-electron chi connectivity index (χ2n) is 1.31. The van der Waals surface area contributed by atoms with Crippen molar-refractivity contribution in [1.82, 2.24) is 0 Å². The van der Waals surface area contributed by atoms with Crippen LogP contribution in [0.5, 0.6) is 0 Å². The van der Waals surface area contributed by atoms with Crippen LogP contribution in [-0.2, 0) is 27.2 Å². The van der Waals surface area contributed by atoms with Gasteiger partial charge in [0.15, 0.2) is 17.4 Å². The predicted molar refractivity (Wildman–Crippen MR) is 35.5 cm³/mol.